The number of pyridine rings is 1. The normalized spacial score (nSPS) is 10.6. The van der Waals surface area contributed by atoms with Gasteiger partial charge in [-0.15, -0.1) is 0 Å². The summed E-state index contributed by atoms with van der Waals surface area (Å²) in [6, 6.07) is 14.0. The molecule has 0 aliphatic carbocycles. The fraction of sp³-hybridized carbons (Fsp3) is 0.158. The maximum absolute atomic E-state index is 12.3. The van der Waals surface area contributed by atoms with Gasteiger partial charge in [0, 0.05) is 18.0 Å². The predicted octanol–water partition coefficient (Wildman–Crippen LogP) is 3.36. The van der Waals surface area contributed by atoms with Crippen LogP contribution in [-0.2, 0) is 6.54 Å². The van der Waals surface area contributed by atoms with Crippen molar-refractivity contribution in [3.8, 4) is 0 Å². The van der Waals surface area contributed by atoms with Crippen LogP contribution >= 0.6 is 0 Å². The number of carbonyl (C=O) groups is 1. The van der Waals surface area contributed by atoms with Crippen molar-refractivity contribution in [2.45, 2.75) is 20.4 Å². The number of benzene rings is 1. The van der Waals surface area contributed by atoms with Crippen LogP contribution < -0.4 is 10.9 Å². The summed E-state index contributed by atoms with van der Waals surface area (Å²) in [5.74, 6) is 0.458. The van der Waals surface area contributed by atoms with Crippen LogP contribution in [0.5, 0.6) is 0 Å². The Morgan fingerprint density at radius 2 is 1.92 bits per heavy atom. The summed E-state index contributed by atoms with van der Waals surface area (Å²) in [7, 11) is 0. The summed E-state index contributed by atoms with van der Waals surface area (Å²) >= 11 is 0. The summed E-state index contributed by atoms with van der Waals surface area (Å²) in [6.07, 6.45) is 1.68. The van der Waals surface area contributed by atoms with Crippen molar-refractivity contribution in [1.82, 2.24) is 4.57 Å². The molecule has 0 fully saturated rings. The summed E-state index contributed by atoms with van der Waals surface area (Å²) in [6.45, 7) is 4.24. The second-order valence-corrected chi connectivity index (χ2v) is 5.63. The van der Waals surface area contributed by atoms with E-state index < -0.39 is 0 Å². The van der Waals surface area contributed by atoms with E-state index >= 15 is 0 Å². The highest BCUT2D eigenvalue weighted by molar-refractivity contribution is 6.02. The van der Waals surface area contributed by atoms with E-state index in [2.05, 4.69) is 5.32 Å². The van der Waals surface area contributed by atoms with Crippen LogP contribution in [0.1, 0.15) is 27.4 Å². The van der Waals surface area contributed by atoms with Crippen LogP contribution in [0.3, 0.4) is 0 Å². The van der Waals surface area contributed by atoms with E-state index in [9.17, 15) is 9.59 Å². The molecule has 0 radical (unpaired) electrons. The van der Waals surface area contributed by atoms with E-state index in [1.54, 1.807) is 30.5 Å². The molecule has 0 atom stereocenters. The Morgan fingerprint density at radius 1 is 1.08 bits per heavy atom. The Balaban J connectivity index is 1.75. The molecule has 0 saturated heterocycles. The van der Waals surface area contributed by atoms with Crippen molar-refractivity contribution in [3.63, 3.8) is 0 Å². The van der Waals surface area contributed by atoms with E-state index in [4.69, 9.17) is 4.42 Å². The largest absolute Gasteiger partial charge is 0.454 e. The third kappa shape index (κ3) is 3.30. The van der Waals surface area contributed by atoms with Crippen molar-refractivity contribution in [1.29, 1.82) is 0 Å². The summed E-state index contributed by atoms with van der Waals surface area (Å²) in [4.78, 5) is 24.1. The average molecular weight is 322 g/mol. The van der Waals surface area contributed by atoms with Crippen LogP contribution in [0.4, 0.5) is 5.69 Å². The van der Waals surface area contributed by atoms with Gasteiger partial charge in [0.05, 0.1) is 6.54 Å². The van der Waals surface area contributed by atoms with Crippen LogP contribution in [0, 0.1) is 13.8 Å². The molecule has 5 heteroatoms. The van der Waals surface area contributed by atoms with Crippen molar-refractivity contribution in [3.05, 3.63) is 87.7 Å². The number of anilines is 1. The molecule has 0 saturated carbocycles. The fourth-order valence-electron chi connectivity index (χ4n) is 2.41. The smallest absolute Gasteiger partial charge is 0.291 e. The van der Waals surface area contributed by atoms with E-state index in [0.717, 1.165) is 16.8 Å². The highest BCUT2D eigenvalue weighted by atomic mass is 16.4. The SMILES string of the molecule is Cc1cccc(NC(=O)c2ccc(Cn3ccccc3=O)o2)c1C. The Labute approximate surface area is 139 Å². The van der Waals surface area contributed by atoms with Crippen LogP contribution in [-0.4, -0.2) is 10.5 Å². The standard InChI is InChI=1S/C19H18N2O3/c1-13-6-5-7-16(14(13)2)20-19(23)17-10-9-15(24-17)12-21-11-4-3-8-18(21)22/h3-11H,12H2,1-2H3,(H,20,23). The van der Waals surface area contributed by atoms with Gasteiger partial charge in [-0.05, 0) is 49.2 Å². The zero-order valence-corrected chi connectivity index (χ0v) is 13.6. The molecule has 0 aliphatic heterocycles. The molecule has 5 nitrogen and oxygen atoms in total. The molecule has 3 rings (SSSR count). The Morgan fingerprint density at radius 3 is 2.71 bits per heavy atom. The summed E-state index contributed by atoms with van der Waals surface area (Å²) in [5, 5.41) is 2.85. The lowest BCUT2D eigenvalue weighted by molar-refractivity contribution is 0.0994. The number of carbonyl (C=O) groups excluding carboxylic acids is 1. The minimum absolute atomic E-state index is 0.115. The van der Waals surface area contributed by atoms with Crippen molar-refractivity contribution >= 4 is 11.6 Å². The molecule has 0 spiro atoms. The number of furan rings is 1. The van der Waals surface area contributed by atoms with Gasteiger partial charge in [0.1, 0.15) is 5.76 Å². The molecule has 3 aromatic rings. The van der Waals surface area contributed by atoms with Gasteiger partial charge in [0.25, 0.3) is 11.5 Å². The molecule has 1 aromatic carbocycles. The number of aryl methyl sites for hydroxylation is 1. The highest BCUT2D eigenvalue weighted by Crippen LogP contribution is 2.19. The van der Waals surface area contributed by atoms with Gasteiger partial charge < -0.3 is 14.3 Å². The lowest BCUT2D eigenvalue weighted by Crippen LogP contribution is -2.18. The van der Waals surface area contributed by atoms with E-state index in [1.807, 2.05) is 32.0 Å². The number of nitrogens with zero attached hydrogens (tertiary/aromatic N) is 1. The summed E-state index contributed by atoms with van der Waals surface area (Å²) < 4.78 is 7.09. The first-order chi connectivity index (χ1) is 11.5. The van der Waals surface area contributed by atoms with Crippen LogP contribution in [0.2, 0.25) is 0 Å². The lowest BCUT2D eigenvalue weighted by atomic mass is 10.1. The minimum atomic E-state index is -0.310. The average Bonchev–Trinajstić information content (AvgIpc) is 3.03. The highest BCUT2D eigenvalue weighted by Gasteiger charge is 2.13. The first-order valence-electron chi connectivity index (χ1n) is 7.66. The second kappa shape index (κ2) is 6.58. The van der Waals surface area contributed by atoms with Gasteiger partial charge in [0.15, 0.2) is 5.76 Å². The molecule has 0 bridgehead atoms. The quantitative estimate of drug-likeness (QED) is 0.801. The molecule has 2 aromatic heterocycles. The molecule has 122 valence electrons. The molecule has 0 unspecified atom stereocenters. The maximum Gasteiger partial charge on any atom is 0.291 e. The van der Waals surface area contributed by atoms with Gasteiger partial charge in [-0.3, -0.25) is 9.59 Å². The van der Waals surface area contributed by atoms with Crippen molar-refractivity contribution in [2.24, 2.45) is 0 Å². The molecular formula is C19H18N2O3. The third-order valence-corrected chi connectivity index (χ3v) is 3.96. The van der Waals surface area contributed by atoms with Gasteiger partial charge in [-0.1, -0.05) is 18.2 Å². The number of hydrogen-bond acceptors (Lipinski definition) is 3. The van der Waals surface area contributed by atoms with E-state index in [0.29, 0.717) is 5.76 Å². The molecule has 0 aliphatic rings. The Hall–Kier alpha value is -3.08. The first-order valence-corrected chi connectivity index (χ1v) is 7.66. The molecule has 1 N–H and O–H groups in total. The van der Waals surface area contributed by atoms with Gasteiger partial charge in [-0.25, -0.2) is 0 Å². The zero-order chi connectivity index (χ0) is 17.1. The van der Waals surface area contributed by atoms with Crippen molar-refractivity contribution in [2.75, 3.05) is 5.32 Å². The number of amides is 1. The number of rotatable bonds is 4. The van der Waals surface area contributed by atoms with Gasteiger partial charge in [0.2, 0.25) is 0 Å². The van der Waals surface area contributed by atoms with E-state index in [-0.39, 0.29) is 23.8 Å². The predicted molar refractivity (Wildman–Crippen MR) is 92.4 cm³/mol. The third-order valence-electron chi connectivity index (χ3n) is 3.96. The van der Waals surface area contributed by atoms with Gasteiger partial charge in [-0.2, -0.15) is 0 Å². The van der Waals surface area contributed by atoms with Crippen LogP contribution in [0.25, 0.3) is 0 Å². The second-order valence-electron chi connectivity index (χ2n) is 5.63. The van der Waals surface area contributed by atoms with Crippen LogP contribution in [0.15, 0.2) is 63.9 Å². The molecular weight excluding hydrogens is 304 g/mol. The topological polar surface area (TPSA) is 64.2 Å². The fourth-order valence-corrected chi connectivity index (χ4v) is 2.41. The summed E-state index contributed by atoms with van der Waals surface area (Å²) in [5.41, 5.74) is 2.78. The lowest BCUT2D eigenvalue weighted by Gasteiger charge is -2.09. The Kier molecular flexibility index (Phi) is 4.33. The zero-order valence-electron chi connectivity index (χ0n) is 13.6. The van der Waals surface area contributed by atoms with Gasteiger partial charge >= 0.3 is 0 Å². The first kappa shape index (κ1) is 15.8. The maximum atomic E-state index is 12.3. The van der Waals surface area contributed by atoms with E-state index in [1.165, 1.54) is 10.6 Å². The number of aromatic nitrogens is 1. The molecule has 2 heterocycles. The monoisotopic (exact) mass is 322 g/mol. The minimum Gasteiger partial charge on any atom is -0.454 e. The number of nitrogens with one attached hydrogen (secondary N) is 1. The Bertz CT molecular complexity index is 938. The number of hydrogen-bond donors (Lipinski definition) is 1. The molecule has 24 heavy (non-hydrogen) atoms. The molecule has 1 amide bonds. The van der Waals surface area contributed by atoms with Crippen molar-refractivity contribution < 1.29 is 9.21 Å².